The van der Waals surface area contributed by atoms with Gasteiger partial charge >= 0.3 is 0 Å². The summed E-state index contributed by atoms with van der Waals surface area (Å²) in [6.45, 7) is 2.61. The van der Waals surface area contributed by atoms with Crippen molar-refractivity contribution in [3.8, 4) is 0 Å². The van der Waals surface area contributed by atoms with Gasteiger partial charge in [0.2, 0.25) is 0 Å². The lowest BCUT2D eigenvalue weighted by atomic mass is 10.1. The van der Waals surface area contributed by atoms with Crippen LogP contribution in [0.1, 0.15) is 71.1 Å². The second kappa shape index (κ2) is 13.7. The summed E-state index contributed by atoms with van der Waals surface area (Å²) in [5, 5.41) is 8.60. The predicted octanol–water partition coefficient (Wildman–Crippen LogP) is 4.46. The molecule has 0 radical (unpaired) electrons. The zero-order chi connectivity index (χ0) is 11.2. The van der Waals surface area contributed by atoms with E-state index in [0.29, 0.717) is 6.61 Å². The predicted molar refractivity (Wildman–Crippen MR) is 68.1 cm³/mol. The summed E-state index contributed by atoms with van der Waals surface area (Å²) in [5.74, 6) is 0. The Hall–Kier alpha value is -0.300. The molecule has 0 fully saturated rings. The molecule has 0 amide bonds. The molecule has 0 aliphatic rings. The molecule has 0 bridgehead atoms. The molecule has 0 saturated heterocycles. The quantitative estimate of drug-likeness (QED) is 0.396. The van der Waals surface area contributed by atoms with E-state index in [0.717, 1.165) is 6.42 Å². The molecule has 0 aromatic carbocycles. The maximum absolute atomic E-state index is 8.60. The first-order chi connectivity index (χ1) is 7.41. The van der Waals surface area contributed by atoms with Crippen molar-refractivity contribution >= 4 is 0 Å². The highest BCUT2D eigenvalue weighted by molar-refractivity contribution is 4.81. The van der Waals surface area contributed by atoms with E-state index < -0.39 is 0 Å². The maximum Gasteiger partial charge on any atom is 0.0431 e. The van der Waals surface area contributed by atoms with Crippen molar-refractivity contribution in [2.45, 2.75) is 71.1 Å². The van der Waals surface area contributed by atoms with Crippen LogP contribution in [0.3, 0.4) is 0 Å². The van der Waals surface area contributed by atoms with Crippen LogP contribution in [-0.4, -0.2) is 11.7 Å². The summed E-state index contributed by atoms with van der Waals surface area (Å²) < 4.78 is 0. The number of allylic oxidation sites excluding steroid dienone is 2. The summed E-state index contributed by atoms with van der Waals surface area (Å²) >= 11 is 0. The summed E-state index contributed by atoms with van der Waals surface area (Å²) in [6, 6.07) is 0. The molecule has 1 nitrogen and oxygen atoms in total. The van der Waals surface area contributed by atoms with Crippen molar-refractivity contribution in [2.75, 3.05) is 6.61 Å². The lowest BCUT2D eigenvalue weighted by Crippen LogP contribution is -1.82. The molecule has 15 heavy (non-hydrogen) atoms. The minimum Gasteiger partial charge on any atom is -0.396 e. The van der Waals surface area contributed by atoms with Crippen LogP contribution in [0, 0.1) is 0 Å². The Morgan fingerprint density at radius 3 is 1.80 bits per heavy atom. The van der Waals surface area contributed by atoms with E-state index in [2.05, 4.69) is 19.1 Å². The Kier molecular flexibility index (Phi) is 13.4. The third-order valence-electron chi connectivity index (χ3n) is 2.67. The first-order valence-corrected chi connectivity index (χ1v) is 6.67. The van der Waals surface area contributed by atoms with Crippen LogP contribution >= 0.6 is 0 Å². The van der Waals surface area contributed by atoms with E-state index in [1.165, 1.54) is 57.8 Å². The van der Waals surface area contributed by atoms with Crippen LogP contribution in [0.5, 0.6) is 0 Å². The molecule has 0 aliphatic carbocycles. The van der Waals surface area contributed by atoms with Crippen LogP contribution in [-0.2, 0) is 0 Å². The average Bonchev–Trinajstić information content (AvgIpc) is 2.26. The topological polar surface area (TPSA) is 20.2 Å². The molecule has 0 spiro atoms. The minimum atomic E-state index is 0.354. The number of hydrogen-bond acceptors (Lipinski definition) is 1. The Balaban J connectivity index is 2.97. The van der Waals surface area contributed by atoms with Gasteiger partial charge in [0.05, 0.1) is 0 Å². The van der Waals surface area contributed by atoms with E-state index >= 15 is 0 Å². The molecule has 0 heterocycles. The van der Waals surface area contributed by atoms with Crippen LogP contribution < -0.4 is 0 Å². The Morgan fingerprint density at radius 2 is 1.27 bits per heavy atom. The SMILES string of the molecule is CCCCCC/C=C/CCCCCCO. The zero-order valence-corrected chi connectivity index (χ0v) is 10.4. The third-order valence-corrected chi connectivity index (χ3v) is 2.67. The van der Waals surface area contributed by atoms with Gasteiger partial charge in [-0.05, 0) is 32.1 Å². The lowest BCUT2D eigenvalue weighted by Gasteiger charge is -1.96. The van der Waals surface area contributed by atoms with E-state index in [9.17, 15) is 0 Å². The van der Waals surface area contributed by atoms with Crippen molar-refractivity contribution < 1.29 is 5.11 Å². The number of aliphatic hydroxyl groups is 1. The highest BCUT2D eigenvalue weighted by atomic mass is 16.2. The van der Waals surface area contributed by atoms with Gasteiger partial charge < -0.3 is 5.11 Å². The van der Waals surface area contributed by atoms with Crippen molar-refractivity contribution in [2.24, 2.45) is 0 Å². The monoisotopic (exact) mass is 212 g/mol. The fourth-order valence-corrected chi connectivity index (χ4v) is 1.65. The molecule has 1 N–H and O–H groups in total. The van der Waals surface area contributed by atoms with Gasteiger partial charge in [-0.2, -0.15) is 0 Å². The number of hydrogen-bond donors (Lipinski definition) is 1. The fraction of sp³-hybridized carbons (Fsp3) is 0.857. The maximum atomic E-state index is 8.60. The lowest BCUT2D eigenvalue weighted by molar-refractivity contribution is 0.282. The summed E-state index contributed by atoms with van der Waals surface area (Å²) in [4.78, 5) is 0. The molecule has 0 aromatic heterocycles. The Bertz CT molecular complexity index is 129. The number of rotatable bonds is 11. The van der Waals surface area contributed by atoms with Gasteiger partial charge in [0.25, 0.3) is 0 Å². The van der Waals surface area contributed by atoms with E-state index in [-0.39, 0.29) is 0 Å². The zero-order valence-electron chi connectivity index (χ0n) is 10.4. The van der Waals surface area contributed by atoms with Crippen LogP contribution in [0.25, 0.3) is 0 Å². The van der Waals surface area contributed by atoms with E-state index in [1.54, 1.807) is 0 Å². The summed E-state index contributed by atoms with van der Waals surface area (Å²) in [6.07, 6.45) is 17.3. The van der Waals surface area contributed by atoms with Crippen molar-refractivity contribution in [3.63, 3.8) is 0 Å². The van der Waals surface area contributed by atoms with E-state index in [1.807, 2.05) is 0 Å². The standard InChI is InChI=1S/C14H28O/c1-2-3-4-5-6-7-8-9-10-11-12-13-14-15/h7-8,15H,2-6,9-14H2,1H3/b8-7+. The molecular weight excluding hydrogens is 184 g/mol. The average molecular weight is 212 g/mol. The number of unbranched alkanes of at least 4 members (excludes halogenated alkanes) is 8. The molecular formula is C14H28O. The Morgan fingerprint density at radius 1 is 0.733 bits per heavy atom. The van der Waals surface area contributed by atoms with Crippen molar-refractivity contribution in [1.82, 2.24) is 0 Å². The van der Waals surface area contributed by atoms with Crippen molar-refractivity contribution in [1.29, 1.82) is 0 Å². The van der Waals surface area contributed by atoms with Gasteiger partial charge in [0.1, 0.15) is 0 Å². The summed E-state index contributed by atoms with van der Waals surface area (Å²) in [7, 11) is 0. The van der Waals surface area contributed by atoms with Gasteiger partial charge in [0.15, 0.2) is 0 Å². The molecule has 0 saturated carbocycles. The normalized spacial score (nSPS) is 11.3. The number of aliphatic hydroxyl groups excluding tert-OH is 1. The van der Waals surface area contributed by atoms with Gasteiger partial charge in [-0.25, -0.2) is 0 Å². The first kappa shape index (κ1) is 14.7. The smallest absolute Gasteiger partial charge is 0.0431 e. The first-order valence-electron chi connectivity index (χ1n) is 6.67. The molecule has 90 valence electrons. The highest BCUT2D eigenvalue weighted by Gasteiger charge is 1.87. The molecule has 0 atom stereocenters. The van der Waals surface area contributed by atoms with Gasteiger partial charge in [-0.3, -0.25) is 0 Å². The van der Waals surface area contributed by atoms with Gasteiger partial charge in [-0.1, -0.05) is 51.2 Å². The van der Waals surface area contributed by atoms with Crippen LogP contribution in [0.4, 0.5) is 0 Å². The minimum absolute atomic E-state index is 0.354. The van der Waals surface area contributed by atoms with Gasteiger partial charge in [-0.15, -0.1) is 0 Å². The molecule has 0 aliphatic heterocycles. The van der Waals surface area contributed by atoms with Crippen LogP contribution in [0.15, 0.2) is 12.2 Å². The molecule has 0 rings (SSSR count). The van der Waals surface area contributed by atoms with Gasteiger partial charge in [0, 0.05) is 6.61 Å². The second-order valence-electron chi connectivity index (χ2n) is 4.25. The van der Waals surface area contributed by atoms with Crippen molar-refractivity contribution in [3.05, 3.63) is 12.2 Å². The highest BCUT2D eigenvalue weighted by Crippen LogP contribution is 2.06. The van der Waals surface area contributed by atoms with E-state index in [4.69, 9.17) is 5.11 Å². The Labute approximate surface area is 95.6 Å². The largest absolute Gasteiger partial charge is 0.396 e. The second-order valence-corrected chi connectivity index (χ2v) is 4.25. The molecule has 1 heteroatoms. The fourth-order valence-electron chi connectivity index (χ4n) is 1.65. The molecule has 0 aromatic rings. The third kappa shape index (κ3) is 13.7. The van der Waals surface area contributed by atoms with Crippen LogP contribution in [0.2, 0.25) is 0 Å². The molecule has 0 unspecified atom stereocenters. The summed E-state index contributed by atoms with van der Waals surface area (Å²) in [5.41, 5.74) is 0.